The Kier molecular flexibility index (Phi) is 4.25. The molecule has 1 aliphatic rings. The number of para-hydroxylation sites is 1. The van der Waals surface area contributed by atoms with Gasteiger partial charge in [0.1, 0.15) is 0 Å². The Hall–Kier alpha value is -1.81. The van der Waals surface area contributed by atoms with Crippen molar-refractivity contribution in [1.82, 2.24) is 9.47 Å². The number of aliphatic hydroxyl groups is 1. The van der Waals surface area contributed by atoms with Crippen molar-refractivity contribution in [2.45, 2.75) is 25.8 Å². The summed E-state index contributed by atoms with van der Waals surface area (Å²) in [7, 11) is 0. The summed E-state index contributed by atoms with van der Waals surface area (Å²) in [5.41, 5.74) is 1.18. The third-order valence-electron chi connectivity index (χ3n) is 4.38. The van der Waals surface area contributed by atoms with E-state index in [1.54, 1.807) is 0 Å². The summed E-state index contributed by atoms with van der Waals surface area (Å²) in [6.45, 7) is 2.45. The number of nitrogens with zero attached hydrogens (tertiary/aromatic N) is 2. The average Bonchev–Trinajstić information content (AvgIpc) is 2.96. The molecule has 1 fully saturated rings. The number of fused-ring (bicyclic) bond motifs is 1. The van der Waals surface area contributed by atoms with E-state index in [-0.39, 0.29) is 18.4 Å². The molecule has 1 aromatic heterocycles. The lowest BCUT2D eigenvalue weighted by atomic mass is 9.99. The maximum absolute atomic E-state index is 12.3. The molecule has 0 spiro atoms. The number of aromatic nitrogens is 1. The van der Waals surface area contributed by atoms with Crippen LogP contribution >= 0.6 is 0 Å². The largest absolute Gasteiger partial charge is 0.396 e. The van der Waals surface area contributed by atoms with Gasteiger partial charge in [-0.2, -0.15) is 0 Å². The van der Waals surface area contributed by atoms with E-state index in [1.165, 1.54) is 10.9 Å². The van der Waals surface area contributed by atoms with Gasteiger partial charge in [0.2, 0.25) is 5.91 Å². The fourth-order valence-corrected chi connectivity index (χ4v) is 3.15. The smallest absolute Gasteiger partial charge is 0.224 e. The van der Waals surface area contributed by atoms with Crippen molar-refractivity contribution in [2.75, 3.05) is 19.7 Å². The highest BCUT2D eigenvalue weighted by Gasteiger charge is 2.22. The third kappa shape index (κ3) is 3.10. The Bertz CT molecular complexity index is 620. The van der Waals surface area contributed by atoms with Gasteiger partial charge in [-0.3, -0.25) is 4.79 Å². The van der Waals surface area contributed by atoms with E-state index in [4.69, 9.17) is 0 Å². The molecule has 1 N–H and O–H groups in total. The Balaban J connectivity index is 1.60. The van der Waals surface area contributed by atoms with Crippen molar-refractivity contribution >= 4 is 16.8 Å². The molecule has 1 amide bonds. The van der Waals surface area contributed by atoms with Gasteiger partial charge in [-0.25, -0.2) is 0 Å². The number of rotatable bonds is 4. The predicted octanol–water partition coefficient (Wildman–Crippen LogP) is 2.26. The second kappa shape index (κ2) is 6.31. The van der Waals surface area contributed by atoms with Crippen LogP contribution in [0, 0.1) is 5.92 Å². The highest BCUT2D eigenvalue weighted by atomic mass is 16.3. The first-order chi connectivity index (χ1) is 10.3. The molecule has 0 radical (unpaired) electrons. The zero-order valence-electron chi connectivity index (χ0n) is 12.2. The zero-order valence-corrected chi connectivity index (χ0v) is 12.2. The van der Waals surface area contributed by atoms with E-state index >= 15 is 0 Å². The molecule has 0 aliphatic carbocycles. The van der Waals surface area contributed by atoms with Crippen LogP contribution in [0.25, 0.3) is 10.9 Å². The second-order valence-corrected chi connectivity index (χ2v) is 5.85. The summed E-state index contributed by atoms with van der Waals surface area (Å²) in [5.74, 6) is 0.459. The predicted molar refractivity (Wildman–Crippen MR) is 82.9 cm³/mol. The minimum atomic E-state index is 0.187. The van der Waals surface area contributed by atoms with Crippen molar-refractivity contribution in [2.24, 2.45) is 5.92 Å². The normalized spacial score (nSPS) is 19.1. The monoisotopic (exact) mass is 286 g/mol. The topological polar surface area (TPSA) is 45.5 Å². The molecule has 1 saturated heterocycles. The van der Waals surface area contributed by atoms with Crippen molar-refractivity contribution in [1.29, 1.82) is 0 Å². The first kappa shape index (κ1) is 14.1. The molecule has 1 unspecified atom stereocenters. The summed E-state index contributed by atoms with van der Waals surface area (Å²) in [4.78, 5) is 14.2. The minimum absolute atomic E-state index is 0.187. The van der Waals surface area contributed by atoms with Crippen LogP contribution in [-0.4, -0.2) is 40.2 Å². The van der Waals surface area contributed by atoms with E-state index in [0.717, 1.165) is 19.4 Å². The van der Waals surface area contributed by atoms with Gasteiger partial charge in [-0.15, -0.1) is 0 Å². The first-order valence-electron chi connectivity index (χ1n) is 7.70. The van der Waals surface area contributed by atoms with Crippen LogP contribution in [0.15, 0.2) is 36.5 Å². The SMILES string of the molecule is O=C(CCn1ccc2ccccc21)N1CCCC(CO)C1. The standard InChI is InChI=1S/C17H22N2O2/c20-13-14-4-3-9-19(12-14)17(21)8-11-18-10-7-15-5-1-2-6-16(15)18/h1-2,5-7,10,14,20H,3-4,8-9,11-13H2. The molecule has 2 aromatic rings. The Morgan fingerprint density at radius 2 is 2.14 bits per heavy atom. The number of carbonyl (C=O) groups is 1. The number of likely N-dealkylation sites (tertiary alicyclic amines) is 1. The lowest BCUT2D eigenvalue weighted by Crippen LogP contribution is -2.41. The number of benzene rings is 1. The van der Waals surface area contributed by atoms with Crippen LogP contribution in [0.2, 0.25) is 0 Å². The second-order valence-electron chi connectivity index (χ2n) is 5.85. The van der Waals surface area contributed by atoms with Crippen LogP contribution in [-0.2, 0) is 11.3 Å². The van der Waals surface area contributed by atoms with Crippen LogP contribution in [0.1, 0.15) is 19.3 Å². The molecule has 4 nitrogen and oxygen atoms in total. The number of hydrogen-bond donors (Lipinski definition) is 1. The molecule has 1 aliphatic heterocycles. The number of amides is 1. The van der Waals surface area contributed by atoms with Crippen LogP contribution < -0.4 is 0 Å². The summed E-state index contributed by atoms with van der Waals surface area (Å²) < 4.78 is 2.14. The summed E-state index contributed by atoms with van der Waals surface area (Å²) >= 11 is 0. The molecule has 2 heterocycles. The van der Waals surface area contributed by atoms with Gasteiger partial charge in [-0.1, -0.05) is 18.2 Å². The van der Waals surface area contributed by atoms with E-state index in [1.807, 2.05) is 23.2 Å². The van der Waals surface area contributed by atoms with Crippen molar-refractivity contribution < 1.29 is 9.90 Å². The minimum Gasteiger partial charge on any atom is -0.396 e. The van der Waals surface area contributed by atoms with Crippen molar-refractivity contribution in [3.8, 4) is 0 Å². The summed E-state index contributed by atoms with van der Waals surface area (Å²) in [6, 6.07) is 10.3. The van der Waals surface area contributed by atoms with Crippen molar-refractivity contribution in [3.63, 3.8) is 0 Å². The number of aryl methyl sites for hydroxylation is 1. The van der Waals surface area contributed by atoms with Crippen LogP contribution in [0.3, 0.4) is 0 Å². The molecule has 21 heavy (non-hydrogen) atoms. The maximum Gasteiger partial charge on any atom is 0.224 e. The zero-order chi connectivity index (χ0) is 14.7. The van der Waals surface area contributed by atoms with Crippen LogP contribution in [0.4, 0.5) is 0 Å². The lowest BCUT2D eigenvalue weighted by molar-refractivity contribution is -0.133. The molecule has 1 aromatic carbocycles. The van der Waals surface area contributed by atoms with Gasteiger partial charge >= 0.3 is 0 Å². The van der Waals surface area contributed by atoms with E-state index in [9.17, 15) is 9.90 Å². The maximum atomic E-state index is 12.3. The Labute approximate surface area is 125 Å². The number of aliphatic hydroxyl groups excluding tert-OH is 1. The highest BCUT2D eigenvalue weighted by Crippen LogP contribution is 2.18. The van der Waals surface area contributed by atoms with Gasteiger partial charge < -0.3 is 14.6 Å². The Morgan fingerprint density at radius 3 is 3.00 bits per heavy atom. The number of piperidine rings is 1. The third-order valence-corrected chi connectivity index (χ3v) is 4.38. The van der Waals surface area contributed by atoms with E-state index in [0.29, 0.717) is 19.5 Å². The molecule has 4 heteroatoms. The van der Waals surface area contributed by atoms with E-state index in [2.05, 4.69) is 22.8 Å². The van der Waals surface area contributed by atoms with Gasteiger partial charge in [0, 0.05) is 44.4 Å². The van der Waals surface area contributed by atoms with Gasteiger partial charge in [-0.05, 0) is 36.3 Å². The van der Waals surface area contributed by atoms with Crippen molar-refractivity contribution in [3.05, 3.63) is 36.5 Å². The molecular formula is C17H22N2O2. The molecule has 0 saturated carbocycles. The molecule has 112 valence electrons. The number of hydrogen-bond acceptors (Lipinski definition) is 2. The summed E-state index contributed by atoms with van der Waals surface area (Å²) in [6.07, 6.45) is 4.60. The fraction of sp³-hybridized carbons (Fsp3) is 0.471. The molecule has 0 bridgehead atoms. The Morgan fingerprint density at radius 1 is 1.29 bits per heavy atom. The van der Waals surface area contributed by atoms with E-state index < -0.39 is 0 Å². The number of carbonyl (C=O) groups excluding carboxylic acids is 1. The fourth-order valence-electron chi connectivity index (χ4n) is 3.15. The lowest BCUT2D eigenvalue weighted by Gasteiger charge is -2.32. The summed E-state index contributed by atoms with van der Waals surface area (Å²) in [5, 5.41) is 10.5. The van der Waals surface area contributed by atoms with Gasteiger partial charge in [0.05, 0.1) is 0 Å². The van der Waals surface area contributed by atoms with Crippen LogP contribution in [0.5, 0.6) is 0 Å². The first-order valence-corrected chi connectivity index (χ1v) is 7.70. The quantitative estimate of drug-likeness (QED) is 0.937. The molecular weight excluding hydrogens is 264 g/mol. The van der Waals surface area contributed by atoms with Gasteiger partial charge in [0.25, 0.3) is 0 Å². The molecule has 1 atom stereocenters. The molecule has 3 rings (SSSR count). The average molecular weight is 286 g/mol. The van der Waals surface area contributed by atoms with Gasteiger partial charge in [0.15, 0.2) is 0 Å². The highest BCUT2D eigenvalue weighted by molar-refractivity contribution is 5.80.